The van der Waals surface area contributed by atoms with E-state index in [1.807, 2.05) is 6.08 Å². The zero-order chi connectivity index (χ0) is 9.15. The van der Waals surface area contributed by atoms with Gasteiger partial charge < -0.3 is 9.84 Å². The highest BCUT2D eigenvalue weighted by Gasteiger charge is 2.35. The number of aliphatic hydroxyl groups is 1. The molecule has 2 aliphatic rings. The molecule has 1 fully saturated rings. The predicted molar refractivity (Wildman–Crippen MR) is 51.5 cm³/mol. The van der Waals surface area contributed by atoms with Crippen molar-refractivity contribution in [1.82, 2.24) is 0 Å². The van der Waals surface area contributed by atoms with E-state index >= 15 is 0 Å². The Morgan fingerprint density at radius 3 is 2.92 bits per heavy atom. The number of allylic oxidation sites excluding steroid dienone is 1. The van der Waals surface area contributed by atoms with Gasteiger partial charge in [0.05, 0.1) is 12.2 Å². The molecule has 0 radical (unpaired) electrons. The highest BCUT2D eigenvalue weighted by Crippen LogP contribution is 2.34. The van der Waals surface area contributed by atoms with Gasteiger partial charge in [0.25, 0.3) is 0 Å². The Bertz CT molecular complexity index is 194. The van der Waals surface area contributed by atoms with Gasteiger partial charge in [-0.2, -0.15) is 0 Å². The second-order valence-corrected chi connectivity index (χ2v) is 4.20. The first-order valence-electron chi connectivity index (χ1n) is 5.29. The molecule has 74 valence electrons. The van der Waals surface area contributed by atoms with Crippen LogP contribution in [0.25, 0.3) is 0 Å². The van der Waals surface area contributed by atoms with Crippen molar-refractivity contribution in [3.63, 3.8) is 0 Å². The molecular weight excluding hydrogens is 164 g/mol. The summed E-state index contributed by atoms with van der Waals surface area (Å²) < 4.78 is 5.41. The summed E-state index contributed by atoms with van der Waals surface area (Å²) in [4.78, 5) is 0. The van der Waals surface area contributed by atoms with Crippen molar-refractivity contribution in [2.45, 2.75) is 37.7 Å². The van der Waals surface area contributed by atoms with E-state index in [9.17, 15) is 5.11 Å². The third-order valence-electron chi connectivity index (χ3n) is 3.22. The summed E-state index contributed by atoms with van der Waals surface area (Å²) in [6.45, 7) is 1.61. The van der Waals surface area contributed by atoms with Crippen LogP contribution < -0.4 is 0 Å². The molecule has 2 nitrogen and oxygen atoms in total. The Morgan fingerprint density at radius 1 is 1.38 bits per heavy atom. The van der Waals surface area contributed by atoms with E-state index < -0.39 is 5.60 Å². The molecule has 0 aromatic carbocycles. The Hall–Kier alpha value is -0.340. The molecule has 2 atom stereocenters. The molecule has 0 aromatic rings. The van der Waals surface area contributed by atoms with Gasteiger partial charge in [0.2, 0.25) is 0 Å². The van der Waals surface area contributed by atoms with Crippen LogP contribution in [0.3, 0.4) is 0 Å². The van der Waals surface area contributed by atoms with Crippen molar-refractivity contribution in [3.8, 4) is 0 Å². The predicted octanol–water partition coefficient (Wildman–Crippen LogP) is 1.88. The van der Waals surface area contributed by atoms with E-state index in [2.05, 4.69) is 6.08 Å². The van der Waals surface area contributed by atoms with Crippen LogP contribution >= 0.6 is 0 Å². The average Bonchev–Trinajstić information content (AvgIpc) is 2.20. The second kappa shape index (κ2) is 3.81. The fraction of sp³-hybridized carbons (Fsp3) is 0.818. The third kappa shape index (κ3) is 1.94. The Labute approximate surface area is 79.6 Å². The lowest BCUT2D eigenvalue weighted by molar-refractivity contribution is -0.0571. The van der Waals surface area contributed by atoms with Gasteiger partial charge in [-0.1, -0.05) is 12.2 Å². The maximum absolute atomic E-state index is 10.3. The summed E-state index contributed by atoms with van der Waals surface area (Å²) in [7, 11) is 0. The molecule has 1 saturated heterocycles. The molecule has 1 aliphatic heterocycles. The van der Waals surface area contributed by atoms with E-state index in [1.165, 1.54) is 0 Å². The van der Waals surface area contributed by atoms with Crippen molar-refractivity contribution in [1.29, 1.82) is 0 Å². The molecule has 0 aromatic heterocycles. The van der Waals surface area contributed by atoms with Gasteiger partial charge in [-0.15, -0.1) is 0 Å². The van der Waals surface area contributed by atoms with Crippen LogP contribution in [0, 0.1) is 5.92 Å². The van der Waals surface area contributed by atoms with Crippen LogP contribution in [0.4, 0.5) is 0 Å². The SMILES string of the molecule is OC1(C2CCCOC2)C=CCCC1. The number of rotatable bonds is 1. The first-order valence-corrected chi connectivity index (χ1v) is 5.29. The van der Waals surface area contributed by atoms with E-state index in [1.54, 1.807) is 0 Å². The van der Waals surface area contributed by atoms with Crippen LogP contribution in [0.2, 0.25) is 0 Å². The molecule has 0 bridgehead atoms. The average molecular weight is 182 g/mol. The maximum Gasteiger partial charge on any atom is 0.0877 e. The molecule has 2 unspecified atom stereocenters. The van der Waals surface area contributed by atoms with Crippen molar-refractivity contribution < 1.29 is 9.84 Å². The van der Waals surface area contributed by atoms with Gasteiger partial charge in [-0.25, -0.2) is 0 Å². The number of ether oxygens (including phenoxy) is 1. The number of hydrogen-bond donors (Lipinski definition) is 1. The van der Waals surface area contributed by atoms with Crippen LogP contribution in [-0.4, -0.2) is 23.9 Å². The van der Waals surface area contributed by atoms with E-state index in [0.717, 1.165) is 45.3 Å². The highest BCUT2D eigenvalue weighted by atomic mass is 16.5. The molecule has 2 heteroatoms. The van der Waals surface area contributed by atoms with Crippen molar-refractivity contribution in [3.05, 3.63) is 12.2 Å². The minimum Gasteiger partial charge on any atom is -0.385 e. The van der Waals surface area contributed by atoms with Gasteiger partial charge in [-0.3, -0.25) is 0 Å². The van der Waals surface area contributed by atoms with Gasteiger partial charge >= 0.3 is 0 Å². The summed E-state index contributed by atoms with van der Waals surface area (Å²) in [5.74, 6) is 0.331. The van der Waals surface area contributed by atoms with E-state index in [-0.39, 0.29) is 0 Å². The molecular formula is C11H18O2. The lowest BCUT2D eigenvalue weighted by Gasteiger charge is -2.37. The Balaban J connectivity index is 2.03. The molecule has 1 N–H and O–H groups in total. The Morgan fingerprint density at radius 2 is 2.31 bits per heavy atom. The Kier molecular flexibility index (Phi) is 2.70. The molecule has 1 aliphatic carbocycles. The van der Waals surface area contributed by atoms with Crippen LogP contribution in [0.5, 0.6) is 0 Å². The largest absolute Gasteiger partial charge is 0.385 e. The van der Waals surface area contributed by atoms with Gasteiger partial charge in [0.1, 0.15) is 0 Å². The minimum absolute atomic E-state index is 0.331. The van der Waals surface area contributed by atoms with Gasteiger partial charge in [-0.05, 0) is 32.1 Å². The van der Waals surface area contributed by atoms with E-state index in [0.29, 0.717) is 5.92 Å². The lowest BCUT2D eigenvalue weighted by atomic mass is 9.77. The normalized spacial score (nSPS) is 40.5. The lowest BCUT2D eigenvalue weighted by Crippen LogP contribution is -2.41. The van der Waals surface area contributed by atoms with Crippen molar-refractivity contribution >= 4 is 0 Å². The van der Waals surface area contributed by atoms with Crippen molar-refractivity contribution in [2.75, 3.05) is 13.2 Å². The summed E-state index contributed by atoms with van der Waals surface area (Å²) in [6, 6.07) is 0. The molecule has 1 heterocycles. The summed E-state index contributed by atoms with van der Waals surface area (Å²) in [5, 5.41) is 10.3. The second-order valence-electron chi connectivity index (χ2n) is 4.20. The standard InChI is InChI=1S/C11H18O2/c12-11(6-2-1-3-7-11)10-5-4-8-13-9-10/h2,6,10,12H,1,3-5,7-9H2. The topological polar surface area (TPSA) is 29.5 Å². The van der Waals surface area contributed by atoms with Gasteiger partial charge in [0.15, 0.2) is 0 Å². The minimum atomic E-state index is -0.557. The first-order chi connectivity index (χ1) is 6.31. The van der Waals surface area contributed by atoms with Crippen LogP contribution in [-0.2, 0) is 4.74 Å². The molecule has 13 heavy (non-hydrogen) atoms. The summed E-state index contributed by atoms with van der Waals surface area (Å²) in [6.07, 6.45) is 9.46. The molecule has 0 spiro atoms. The third-order valence-corrected chi connectivity index (χ3v) is 3.22. The number of hydrogen-bond acceptors (Lipinski definition) is 2. The summed E-state index contributed by atoms with van der Waals surface area (Å²) in [5.41, 5.74) is -0.557. The van der Waals surface area contributed by atoms with Crippen LogP contribution in [0.1, 0.15) is 32.1 Å². The van der Waals surface area contributed by atoms with Gasteiger partial charge in [0, 0.05) is 12.5 Å². The fourth-order valence-electron chi connectivity index (χ4n) is 2.35. The van der Waals surface area contributed by atoms with E-state index in [4.69, 9.17) is 4.74 Å². The zero-order valence-electron chi connectivity index (χ0n) is 8.04. The molecule has 0 saturated carbocycles. The van der Waals surface area contributed by atoms with Crippen molar-refractivity contribution in [2.24, 2.45) is 5.92 Å². The smallest absolute Gasteiger partial charge is 0.0877 e. The first kappa shape index (κ1) is 9.22. The molecule has 0 amide bonds. The maximum atomic E-state index is 10.3. The van der Waals surface area contributed by atoms with Crippen LogP contribution in [0.15, 0.2) is 12.2 Å². The highest BCUT2D eigenvalue weighted by molar-refractivity contribution is 5.08. The summed E-state index contributed by atoms with van der Waals surface area (Å²) >= 11 is 0. The molecule has 2 rings (SSSR count). The fourth-order valence-corrected chi connectivity index (χ4v) is 2.35. The quantitative estimate of drug-likeness (QED) is 0.627. The zero-order valence-corrected chi connectivity index (χ0v) is 8.04. The monoisotopic (exact) mass is 182 g/mol.